The van der Waals surface area contributed by atoms with Gasteiger partial charge in [0.15, 0.2) is 11.6 Å². The zero-order valence-electron chi connectivity index (χ0n) is 20.2. The summed E-state index contributed by atoms with van der Waals surface area (Å²) in [5.74, 6) is -1.84. The van der Waals surface area contributed by atoms with Gasteiger partial charge in [0.2, 0.25) is 5.91 Å². The molecule has 2 aromatic carbocycles. The van der Waals surface area contributed by atoms with E-state index in [0.717, 1.165) is 32.0 Å². The van der Waals surface area contributed by atoms with Crippen LogP contribution in [-0.4, -0.2) is 61.1 Å². The smallest absolute Gasteiger partial charge is 0.247 e. The minimum atomic E-state index is -1.05. The molecule has 1 heterocycles. The van der Waals surface area contributed by atoms with Gasteiger partial charge in [0.1, 0.15) is 24.5 Å². The first-order valence-corrected chi connectivity index (χ1v) is 12.2. The number of carbonyl (C=O) groups excluding carboxylic acids is 1. The van der Waals surface area contributed by atoms with Gasteiger partial charge >= 0.3 is 0 Å². The van der Waals surface area contributed by atoms with Gasteiger partial charge in [0.05, 0.1) is 21.4 Å². The van der Waals surface area contributed by atoms with Crippen LogP contribution < -0.4 is 20.7 Å². The highest BCUT2D eigenvalue weighted by Crippen LogP contribution is 2.34. The van der Waals surface area contributed by atoms with Gasteiger partial charge in [-0.15, -0.1) is 0 Å². The molecule has 0 aliphatic rings. The molecule has 0 unspecified atom stereocenters. The molecule has 0 bridgehead atoms. The topological polar surface area (TPSA) is 91.4 Å². The molecule has 0 radical (unpaired) electrons. The summed E-state index contributed by atoms with van der Waals surface area (Å²) >= 11 is 2.96. The fourth-order valence-electron chi connectivity index (χ4n) is 3.37. The number of ether oxygens (including phenoxy) is 1. The lowest BCUT2D eigenvalue weighted by molar-refractivity contribution is -0.111. The summed E-state index contributed by atoms with van der Waals surface area (Å²) in [7, 11) is 4.10. The van der Waals surface area contributed by atoms with Crippen LogP contribution in [0.15, 0.2) is 47.7 Å². The van der Waals surface area contributed by atoms with Gasteiger partial charge in [-0.05, 0) is 80.2 Å². The Kier molecular flexibility index (Phi) is 10.1. The second-order valence-corrected chi connectivity index (χ2v) is 9.09. The molecule has 0 fully saturated rings. The Morgan fingerprint density at radius 1 is 1.14 bits per heavy atom. The number of anilines is 3. The molecule has 0 aliphatic heterocycles. The largest absolute Gasteiger partial charge is 0.490 e. The lowest BCUT2D eigenvalue weighted by Crippen LogP contribution is -2.23. The Morgan fingerprint density at radius 2 is 1.94 bits per heavy atom. The maximum atomic E-state index is 14.4. The lowest BCUT2D eigenvalue weighted by Gasteiger charge is -2.15. The number of carbonyl (C=O) groups is 1. The molecular weight excluding hydrogens is 534 g/mol. The summed E-state index contributed by atoms with van der Waals surface area (Å²) in [5.41, 5.74) is 0.775. The monoisotopic (exact) mass is 562 g/mol. The van der Waals surface area contributed by atoms with Gasteiger partial charge in [-0.2, -0.15) is 0 Å². The van der Waals surface area contributed by atoms with Crippen LogP contribution in [0.1, 0.15) is 12.8 Å². The first-order chi connectivity index (χ1) is 17.3. The Hall–Kier alpha value is -3.15. The molecule has 0 saturated carbocycles. The van der Waals surface area contributed by atoms with E-state index in [0.29, 0.717) is 35.5 Å². The lowest BCUT2D eigenvalue weighted by atomic mass is 10.1. The maximum absolute atomic E-state index is 14.4. The van der Waals surface area contributed by atoms with Gasteiger partial charge in [-0.25, -0.2) is 18.7 Å². The third-order valence-electron chi connectivity index (χ3n) is 5.21. The molecule has 0 saturated heterocycles. The van der Waals surface area contributed by atoms with Crippen LogP contribution in [0.5, 0.6) is 5.75 Å². The van der Waals surface area contributed by atoms with E-state index in [1.54, 1.807) is 12.1 Å². The Morgan fingerprint density at radius 3 is 2.69 bits per heavy atom. The van der Waals surface area contributed by atoms with E-state index in [2.05, 4.69) is 67.4 Å². The van der Waals surface area contributed by atoms with Crippen LogP contribution in [0.3, 0.4) is 0 Å². The molecular formula is C25H29BrF2N6O2. The third kappa shape index (κ3) is 7.42. The van der Waals surface area contributed by atoms with Crippen LogP contribution in [0.4, 0.5) is 26.0 Å². The molecule has 0 spiro atoms. The zero-order valence-corrected chi connectivity index (χ0v) is 21.8. The number of hydrogen-bond donors (Lipinski definition) is 3. The fourth-order valence-corrected chi connectivity index (χ4v) is 3.68. The number of nitrogens with one attached hydrogen (secondary N) is 3. The van der Waals surface area contributed by atoms with Crippen LogP contribution in [0, 0.1) is 11.6 Å². The second-order valence-electron chi connectivity index (χ2n) is 8.24. The van der Waals surface area contributed by atoms with Crippen LogP contribution in [0.25, 0.3) is 10.9 Å². The number of rotatable bonds is 13. The molecule has 192 valence electrons. The van der Waals surface area contributed by atoms with Crippen molar-refractivity contribution >= 4 is 49.9 Å². The van der Waals surface area contributed by atoms with E-state index >= 15 is 0 Å². The highest BCUT2D eigenvalue weighted by atomic mass is 79.9. The van der Waals surface area contributed by atoms with Gasteiger partial charge in [0.25, 0.3) is 0 Å². The van der Waals surface area contributed by atoms with Crippen molar-refractivity contribution in [3.8, 4) is 5.75 Å². The van der Waals surface area contributed by atoms with Crippen LogP contribution in [-0.2, 0) is 4.79 Å². The summed E-state index contributed by atoms with van der Waals surface area (Å²) in [5, 5.41) is 9.34. The number of aromatic nitrogens is 2. The van der Waals surface area contributed by atoms with Crippen molar-refractivity contribution in [2.24, 2.45) is 0 Å². The van der Waals surface area contributed by atoms with Crippen molar-refractivity contribution in [1.82, 2.24) is 20.2 Å². The second kappa shape index (κ2) is 13.2. The first kappa shape index (κ1) is 27.4. The van der Waals surface area contributed by atoms with Crippen LogP contribution >= 0.6 is 15.9 Å². The average molecular weight is 563 g/mol. The molecule has 36 heavy (non-hydrogen) atoms. The third-order valence-corrected chi connectivity index (χ3v) is 5.83. The number of benzene rings is 2. The summed E-state index contributed by atoms with van der Waals surface area (Å²) in [6.45, 7) is 6.41. The van der Waals surface area contributed by atoms with E-state index in [1.165, 1.54) is 18.5 Å². The van der Waals surface area contributed by atoms with E-state index in [4.69, 9.17) is 4.74 Å². The van der Waals surface area contributed by atoms with Crippen molar-refractivity contribution in [2.45, 2.75) is 12.8 Å². The minimum absolute atomic E-state index is 0.0114. The first-order valence-electron chi connectivity index (χ1n) is 11.4. The van der Waals surface area contributed by atoms with Crippen molar-refractivity contribution < 1.29 is 18.3 Å². The molecule has 1 aromatic heterocycles. The van der Waals surface area contributed by atoms with Gasteiger partial charge in [-0.1, -0.05) is 6.58 Å². The highest BCUT2D eigenvalue weighted by Gasteiger charge is 2.16. The van der Waals surface area contributed by atoms with Crippen molar-refractivity contribution in [2.75, 3.05) is 51.0 Å². The highest BCUT2D eigenvalue weighted by molar-refractivity contribution is 9.10. The molecule has 0 aliphatic carbocycles. The predicted octanol–water partition coefficient (Wildman–Crippen LogP) is 4.85. The molecule has 3 N–H and O–H groups in total. The quantitative estimate of drug-likeness (QED) is 0.156. The fraction of sp³-hybridized carbons (Fsp3) is 0.320. The Bertz CT molecular complexity index is 1220. The number of nitrogens with zero attached hydrogens (tertiary/aromatic N) is 3. The minimum Gasteiger partial charge on any atom is -0.490 e. The predicted molar refractivity (Wildman–Crippen MR) is 142 cm³/mol. The Labute approximate surface area is 217 Å². The van der Waals surface area contributed by atoms with E-state index < -0.39 is 17.5 Å². The molecule has 8 nitrogen and oxygen atoms in total. The number of unbranched alkanes of at least 4 members (excludes halogenated alkanes) is 1. The summed E-state index contributed by atoms with van der Waals surface area (Å²) in [6.07, 6.45) is 4.61. The van der Waals surface area contributed by atoms with Crippen molar-refractivity contribution in [3.05, 3.63) is 59.4 Å². The maximum Gasteiger partial charge on any atom is 0.247 e. The number of halogens is 3. The summed E-state index contributed by atoms with van der Waals surface area (Å²) in [4.78, 5) is 22.6. The number of amides is 1. The van der Waals surface area contributed by atoms with Gasteiger partial charge in [-0.3, -0.25) is 4.79 Å². The summed E-state index contributed by atoms with van der Waals surface area (Å²) in [6, 6.07) is 6.07. The number of hydrogen-bond acceptors (Lipinski definition) is 7. The molecule has 0 atom stereocenters. The number of fused-ring (bicyclic) bond motifs is 1. The van der Waals surface area contributed by atoms with Gasteiger partial charge in [0, 0.05) is 18.0 Å². The van der Waals surface area contributed by atoms with E-state index in [9.17, 15) is 13.6 Å². The van der Waals surface area contributed by atoms with E-state index in [1.807, 2.05) is 0 Å². The average Bonchev–Trinajstić information content (AvgIpc) is 2.86. The SMILES string of the molecule is C=CC(=O)Nc1cc2c(Nc3ccc(Br)c(F)c3F)ncnc2cc1OCCNCCCCN(C)C. The normalized spacial score (nSPS) is 11.1. The Balaban J connectivity index is 1.78. The van der Waals surface area contributed by atoms with Crippen molar-refractivity contribution in [1.29, 1.82) is 0 Å². The molecule has 1 amide bonds. The van der Waals surface area contributed by atoms with Crippen molar-refractivity contribution in [3.63, 3.8) is 0 Å². The molecule has 11 heteroatoms. The van der Waals surface area contributed by atoms with E-state index in [-0.39, 0.29) is 16.0 Å². The molecule has 3 aromatic rings. The standard InChI is InChI=1S/C25H29BrF2N6O2/c1-4-22(35)32-20-13-16-19(14-21(20)36-12-10-29-9-5-6-11-34(2)3)30-15-31-25(16)33-18-8-7-17(26)23(27)24(18)28/h4,7-8,13-15,29H,1,5-6,9-12H2,2-3H3,(H,32,35)(H,30,31,33). The van der Waals surface area contributed by atoms with Gasteiger partial charge < -0.3 is 25.6 Å². The zero-order chi connectivity index (χ0) is 26.1. The molecule has 3 rings (SSSR count). The van der Waals surface area contributed by atoms with Crippen LogP contribution in [0.2, 0.25) is 0 Å². The summed E-state index contributed by atoms with van der Waals surface area (Å²) < 4.78 is 34.3.